The van der Waals surface area contributed by atoms with Crippen LogP contribution in [0.1, 0.15) is 16.7 Å². The van der Waals surface area contributed by atoms with Gasteiger partial charge in [-0.05, 0) is 13.8 Å². The maximum atomic E-state index is 6.29. The summed E-state index contributed by atoms with van der Waals surface area (Å²) in [6.07, 6.45) is 0. The van der Waals surface area contributed by atoms with Crippen LogP contribution >= 0.6 is 11.3 Å². The van der Waals surface area contributed by atoms with E-state index in [2.05, 4.69) is 62.4 Å². The number of hydrogen-bond donors (Lipinski definition) is 1. The van der Waals surface area contributed by atoms with E-state index < -0.39 is 0 Å². The van der Waals surface area contributed by atoms with Crippen molar-refractivity contribution in [3.05, 3.63) is 95.6 Å². The van der Waals surface area contributed by atoms with Gasteiger partial charge in [0.25, 0.3) is 0 Å². The standard InChI is InChI=1S/C24H21N3S/c1-16-8-12-18(13-9-16)21-24(27-22(25)19-6-4-3-5-7-19)28-23(26-21)20-14-10-17(2)11-15-20/h3-15H,1-2H3,(H2,25,27). The molecule has 1 aromatic heterocycles. The van der Waals surface area contributed by atoms with Crippen molar-refractivity contribution < 1.29 is 0 Å². The normalized spacial score (nSPS) is 11.6. The van der Waals surface area contributed by atoms with E-state index in [4.69, 9.17) is 15.7 Å². The fourth-order valence-corrected chi connectivity index (χ4v) is 3.87. The van der Waals surface area contributed by atoms with Crippen molar-refractivity contribution >= 4 is 22.2 Å². The Labute approximate surface area is 169 Å². The van der Waals surface area contributed by atoms with E-state index in [1.807, 2.05) is 30.3 Å². The molecule has 0 aliphatic heterocycles. The number of hydrogen-bond acceptors (Lipinski definition) is 3. The van der Waals surface area contributed by atoms with Crippen LogP contribution in [0.15, 0.2) is 83.9 Å². The molecule has 0 aliphatic carbocycles. The third kappa shape index (κ3) is 3.87. The SMILES string of the molecule is Cc1ccc(-c2nc(-c3ccc(C)cc3)c(/N=C(\N)c3ccccc3)s2)cc1. The Morgan fingerprint density at radius 3 is 1.96 bits per heavy atom. The van der Waals surface area contributed by atoms with Gasteiger partial charge in [-0.3, -0.25) is 0 Å². The van der Waals surface area contributed by atoms with Crippen LogP contribution < -0.4 is 5.73 Å². The second kappa shape index (κ2) is 7.79. The first-order valence-corrected chi connectivity index (χ1v) is 9.96. The lowest BCUT2D eigenvalue weighted by molar-refractivity contribution is 1.36. The molecule has 0 aliphatic rings. The molecule has 4 rings (SSSR count). The molecule has 0 radical (unpaired) electrons. The highest BCUT2D eigenvalue weighted by Gasteiger charge is 2.15. The summed E-state index contributed by atoms with van der Waals surface area (Å²) in [6.45, 7) is 4.16. The molecule has 0 unspecified atom stereocenters. The first-order valence-electron chi connectivity index (χ1n) is 9.14. The van der Waals surface area contributed by atoms with Gasteiger partial charge in [0.1, 0.15) is 21.5 Å². The molecule has 4 heteroatoms. The molecule has 28 heavy (non-hydrogen) atoms. The zero-order valence-electron chi connectivity index (χ0n) is 15.9. The van der Waals surface area contributed by atoms with E-state index in [1.165, 1.54) is 11.1 Å². The quantitative estimate of drug-likeness (QED) is 0.340. The fourth-order valence-electron chi connectivity index (χ4n) is 2.89. The third-order valence-corrected chi connectivity index (χ3v) is 5.52. The van der Waals surface area contributed by atoms with E-state index in [9.17, 15) is 0 Å². The molecule has 0 spiro atoms. The minimum absolute atomic E-state index is 0.494. The monoisotopic (exact) mass is 383 g/mol. The Hall–Kier alpha value is -3.24. The number of aryl methyl sites for hydroxylation is 2. The Bertz CT molecular complexity index is 1110. The summed E-state index contributed by atoms with van der Waals surface area (Å²) >= 11 is 1.56. The van der Waals surface area contributed by atoms with Crippen molar-refractivity contribution in [3.8, 4) is 21.8 Å². The van der Waals surface area contributed by atoms with Crippen LogP contribution in [0.25, 0.3) is 21.8 Å². The predicted octanol–water partition coefficient (Wildman–Crippen LogP) is 6.13. The average Bonchev–Trinajstić information content (AvgIpc) is 3.13. The molecule has 0 bridgehead atoms. The van der Waals surface area contributed by atoms with Gasteiger partial charge in [-0.25, -0.2) is 9.98 Å². The van der Waals surface area contributed by atoms with Gasteiger partial charge >= 0.3 is 0 Å². The minimum atomic E-state index is 0.494. The summed E-state index contributed by atoms with van der Waals surface area (Å²) in [5.41, 5.74) is 12.6. The van der Waals surface area contributed by atoms with Crippen LogP contribution in [-0.2, 0) is 0 Å². The zero-order valence-corrected chi connectivity index (χ0v) is 16.7. The van der Waals surface area contributed by atoms with E-state index >= 15 is 0 Å². The summed E-state index contributed by atoms with van der Waals surface area (Å²) in [5, 5.41) is 1.76. The van der Waals surface area contributed by atoms with Gasteiger partial charge in [0.05, 0.1) is 0 Å². The van der Waals surface area contributed by atoms with Crippen LogP contribution in [-0.4, -0.2) is 10.8 Å². The minimum Gasteiger partial charge on any atom is -0.383 e. The zero-order chi connectivity index (χ0) is 19.5. The van der Waals surface area contributed by atoms with Crippen LogP contribution in [0.4, 0.5) is 5.00 Å². The molecule has 138 valence electrons. The Morgan fingerprint density at radius 2 is 1.36 bits per heavy atom. The summed E-state index contributed by atoms with van der Waals surface area (Å²) in [5.74, 6) is 0.494. The second-order valence-electron chi connectivity index (χ2n) is 6.77. The number of benzene rings is 3. The number of thiazole rings is 1. The topological polar surface area (TPSA) is 51.3 Å². The van der Waals surface area contributed by atoms with Gasteiger partial charge < -0.3 is 5.73 Å². The van der Waals surface area contributed by atoms with Crippen molar-refractivity contribution in [1.29, 1.82) is 0 Å². The fraction of sp³-hybridized carbons (Fsp3) is 0.0833. The molecule has 0 amide bonds. The van der Waals surface area contributed by atoms with Crippen molar-refractivity contribution in [2.24, 2.45) is 10.7 Å². The highest BCUT2D eigenvalue weighted by atomic mass is 32.1. The van der Waals surface area contributed by atoms with Crippen LogP contribution in [0, 0.1) is 13.8 Å². The molecular weight excluding hydrogens is 362 g/mol. The van der Waals surface area contributed by atoms with Gasteiger partial charge in [-0.1, -0.05) is 101 Å². The summed E-state index contributed by atoms with van der Waals surface area (Å²) in [6, 6.07) is 26.6. The molecule has 2 N–H and O–H groups in total. The molecule has 0 atom stereocenters. The smallest absolute Gasteiger partial charge is 0.146 e. The van der Waals surface area contributed by atoms with Crippen LogP contribution in [0.5, 0.6) is 0 Å². The third-order valence-electron chi connectivity index (χ3n) is 4.52. The molecule has 4 aromatic rings. The number of aliphatic imine (C=N–C) groups is 1. The number of nitrogens with two attached hydrogens (primary N) is 1. The molecule has 0 fully saturated rings. The van der Waals surface area contributed by atoms with Crippen molar-refractivity contribution in [1.82, 2.24) is 4.98 Å². The first-order chi connectivity index (χ1) is 13.6. The highest BCUT2D eigenvalue weighted by Crippen LogP contribution is 2.40. The van der Waals surface area contributed by atoms with Gasteiger partial charge in [-0.2, -0.15) is 0 Å². The number of nitrogens with zero attached hydrogens (tertiary/aromatic N) is 2. The van der Waals surface area contributed by atoms with Gasteiger partial charge in [-0.15, -0.1) is 0 Å². The van der Waals surface area contributed by atoms with Crippen LogP contribution in [0.3, 0.4) is 0 Å². The van der Waals surface area contributed by atoms with Gasteiger partial charge in [0.15, 0.2) is 0 Å². The van der Waals surface area contributed by atoms with E-state index in [1.54, 1.807) is 11.3 Å². The summed E-state index contributed by atoms with van der Waals surface area (Å²) < 4.78 is 0. The lowest BCUT2D eigenvalue weighted by atomic mass is 10.1. The van der Waals surface area contributed by atoms with E-state index in [0.29, 0.717) is 5.84 Å². The maximum Gasteiger partial charge on any atom is 0.146 e. The maximum absolute atomic E-state index is 6.29. The van der Waals surface area contributed by atoms with Crippen molar-refractivity contribution in [2.45, 2.75) is 13.8 Å². The average molecular weight is 384 g/mol. The molecule has 0 saturated heterocycles. The Balaban J connectivity index is 1.83. The van der Waals surface area contributed by atoms with Crippen molar-refractivity contribution in [2.75, 3.05) is 0 Å². The molecule has 3 aromatic carbocycles. The molecule has 1 heterocycles. The highest BCUT2D eigenvalue weighted by molar-refractivity contribution is 7.19. The lowest BCUT2D eigenvalue weighted by Crippen LogP contribution is -2.12. The largest absolute Gasteiger partial charge is 0.383 e. The van der Waals surface area contributed by atoms with E-state index in [-0.39, 0.29) is 0 Å². The van der Waals surface area contributed by atoms with Gasteiger partial charge in [0, 0.05) is 16.7 Å². The number of aromatic nitrogens is 1. The molecular formula is C24H21N3S. The predicted molar refractivity (Wildman–Crippen MR) is 119 cm³/mol. The van der Waals surface area contributed by atoms with Crippen molar-refractivity contribution in [3.63, 3.8) is 0 Å². The lowest BCUT2D eigenvalue weighted by Gasteiger charge is -2.02. The summed E-state index contributed by atoms with van der Waals surface area (Å²) in [4.78, 5) is 9.65. The van der Waals surface area contributed by atoms with Crippen LogP contribution in [0.2, 0.25) is 0 Å². The summed E-state index contributed by atoms with van der Waals surface area (Å²) in [7, 11) is 0. The molecule has 0 saturated carbocycles. The number of rotatable bonds is 4. The first kappa shape index (κ1) is 18.1. The molecule has 3 nitrogen and oxygen atoms in total. The Morgan fingerprint density at radius 1 is 0.786 bits per heavy atom. The number of amidine groups is 1. The Kier molecular flexibility index (Phi) is 5.04. The second-order valence-corrected chi connectivity index (χ2v) is 7.75. The van der Waals surface area contributed by atoms with Gasteiger partial charge in [0.2, 0.25) is 0 Å². The van der Waals surface area contributed by atoms with E-state index in [0.717, 1.165) is 32.4 Å².